The van der Waals surface area contributed by atoms with Gasteiger partial charge in [0, 0.05) is 16.9 Å². The van der Waals surface area contributed by atoms with Gasteiger partial charge < -0.3 is 14.3 Å². The van der Waals surface area contributed by atoms with Gasteiger partial charge in [-0.15, -0.1) is 0 Å². The minimum atomic E-state index is -0.432. The lowest BCUT2D eigenvalue weighted by molar-refractivity contribution is -0.146. The van der Waals surface area contributed by atoms with E-state index in [-0.39, 0.29) is 24.9 Å². The number of carbonyl (C=O) groups is 2. The van der Waals surface area contributed by atoms with E-state index in [1.807, 2.05) is 13.0 Å². The first-order valence-corrected chi connectivity index (χ1v) is 7.40. The number of carbonyl (C=O) groups excluding carboxylic acids is 2. The summed E-state index contributed by atoms with van der Waals surface area (Å²) in [5.41, 5.74) is 1.03. The minimum absolute atomic E-state index is 0.0394. The summed E-state index contributed by atoms with van der Waals surface area (Å²) in [7, 11) is 0. The van der Waals surface area contributed by atoms with E-state index in [0.29, 0.717) is 22.6 Å². The molecule has 1 aliphatic carbocycles. The van der Waals surface area contributed by atoms with Gasteiger partial charge in [-0.3, -0.25) is 9.59 Å². The normalized spacial score (nSPS) is 20.1. The van der Waals surface area contributed by atoms with Crippen molar-refractivity contribution >= 4 is 34.3 Å². The summed E-state index contributed by atoms with van der Waals surface area (Å²) in [6.45, 7) is 1.55. The maximum absolute atomic E-state index is 12.5. The molecule has 3 rings (SSSR count). The van der Waals surface area contributed by atoms with Crippen molar-refractivity contribution < 1.29 is 23.8 Å². The van der Waals surface area contributed by atoms with Gasteiger partial charge in [0.2, 0.25) is 0 Å². The number of ether oxygens (including phenoxy) is 1. The lowest BCUT2D eigenvalue weighted by Gasteiger charge is -2.03. The number of halogens is 1. The zero-order chi connectivity index (χ0) is 15.9. The molecule has 0 amide bonds. The largest absolute Gasteiger partial charge is 0.463 e. The number of rotatable bonds is 5. The minimum Gasteiger partial charge on any atom is -0.463 e. The van der Waals surface area contributed by atoms with Crippen molar-refractivity contribution in [2.45, 2.75) is 13.3 Å². The Hall–Kier alpha value is -1.85. The van der Waals surface area contributed by atoms with Crippen molar-refractivity contribution in [3.63, 3.8) is 0 Å². The zero-order valence-corrected chi connectivity index (χ0v) is 12.7. The molecule has 1 aromatic carbocycles. The topological polar surface area (TPSA) is 76.7 Å². The number of esters is 1. The van der Waals surface area contributed by atoms with E-state index in [2.05, 4.69) is 0 Å². The Labute approximate surface area is 131 Å². The lowest BCUT2D eigenvalue weighted by Crippen LogP contribution is -2.14. The number of hydrogen-bond donors (Lipinski definition) is 1. The summed E-state index contributed by atoms with van der Waals surface area (Å²) in [6.07, 6.45) is 0.475. The molecule has 0 spiro atoms. The molecule has 5 nitrogen and oxygen atoms in total. The van der Waals surface area contributed by atoms with Crippen LogP contribution in [0.5, 0.6) is 0 Å². The molecule has 0 radical (unpaired) electrons. The molecule has 6 heteroatoms. The first-order chi connectivity index (χ1) is 10.5. The number of ketones is 1. The van der Waals surface area contributed by atoms with Crippen LogP contribution in [0.15, 0.2) is 22.6 Å². The highest BCUT2D eigenvalue weighted by molar-refractivity contribution is 6.35. The fourth-order valence-corrected chi connectivity index (χ4v) is 2.86. The van der Waals surface area contributed by atoms with Gasteiger partial charge >= 0.3 is 5.97 Å². The van der Waals surface area contributed by atoms with Gasteiger partial charge in [-0.05, 0) is 31.5 Å². The third-order valence-corrected chi connectivity index (χ3v) is 4.02. The van der Waals surface area contributed by atoms with E-state index in [0.717, 1.165) is 11.1 Å². The fraction of sp³-hybridized carbons (Fsp3) is 0.375. The first-order valence-electron chi connectivity index (χ1n) is 7.02. The van der Waals surface area contributed by atoms with Gasteiger partial charge in [0.05, 0.1) is 17.5 Å². The highest BCUT2D eigenvalue weighted by Gasteiger charge is 2.49. The summed E-state index contributed by atoms with van der Waals surface area (Å²) in [6, 6.07) is 5.12. The quantitative estimate of drug-likeness (QED) is 0.676. The van der Waals surface area contributed by atoms with E-state index in [4.69, 9.17) is 25.9 Å². The molecule has 2 aromatic rings. The molecule has 1 fully saturated rings. The van der Waals surface area contributed by atoms with Crippen LogP contribution in [0.1, 0.15) is 22.5 Å². The van der Waals surface area contributed by atoms with E-state index >= 15 is 0 Å². The summed E-state index contributed by atoms with van der Waals surface area (Å²) in [5, 5.41) is 9.79. The number of aliphatic hydroxyl groups is 1. The van der Waals surface area contributed by atoms with Crippen LogP contribution in [0, 0.1) is 18.8 Å². The van der Waals surface area contributed by atoms with Crippen LogP contribution in [-0.4, -0.2) is 30.1 Å². The van der Waals surface area contributed by atoms with E-state index in [9.17, 15) is 9.59 Å². The number of benzene rings is 1. The van der Waals surface area contributed by atoms with Crippen molar-refractivity contribution in [3.05, 3.63) is 34.5 Å². The van der Waals surface area contributed by atoms with Crippen molar-refractivity contribution in [2.24, 2.45) is 11.8 Å². The summed E-state index contributed by atoms with van der Waals surface area (Å²) >= 11 is 6.15. The Kier molecular flexibility index (Phi) is 3.93. The van der Waals surface area contributed by atoms with Gasteiger partial charge in [0.25, 0.3) is 0 Å². The summed E-state index contributed by atoms with van der Waals surface area (Å²) in [5.74, 6) is -0.613. The number of aryl methyl sites for hydroxylation is 1. The number of furan rings is 1. The maximum Gasteiger partial charge on any atom is 0.309 e. The molecule has 1 saturated carbocycles. The van der Waals surface area contributed by atoms with Crippen LogP contribution >= 0.6 is 11.6 Å². The predicted molar refractivity (Wildman–Crippen MR) is 79.9 cm³/mol. The molecule has 0 unspecified atom stereocenters. The van der Waals surface area contributed by atoms with Gasteiger partial charge in [-0.2, -0.15) is 0 Å². The van der Waals surface area contributed by atoms with Crippen molar-refractivity contribution in [2.75, 3.05) is 13.2 Å². The second-order valence-electron chi connectivity index (χ2n) is 5.44. The Balaban J connectivity index is 1.78. The molecule has 2 atom stereocenters. The second kappa shape index (κ2) is 5.74. The van der Waals surface area contributed by atoms with Gasteiger partial charge in [0.1, 0.15) is 12.4 Å². The van der Waals surface area contributed by atoms with Crippen LogP contribution in [0.25, 0.3) is 11.0 Å². The number of hydrogen-bond acceptors (Lipinski definition) is 5. The van der Waals surface area contributed by atoms with Crippen LogP contribution in [0.3, 0.4) is 0 Å². The Bertz CT molecular complexity index is 748. The molecule has 0 bridgehead atoms. The average Bonchev–Trinajstić information content (AvgIpc) is 3.19. The van der Waals surface area contributed by atoms with Crippen LogP contribution in [0.4, 0.5) is 0 Å². The molecule has 1 aromatic heterocycles. The molecule has 0 aliphatic heterocycles. The van der Waals surface area contributed by atoms with E-state index < -0.39 is 11.9 Å². The van der Waals surface area contributed by atoms with Crippen LogP contribution in [-0.2, 0) is 9.53 Å². The molecule has 22 heavy (non-hydrogen) atoms. The molecule has 1 aliphatic rings. The van der Waals surface area contributed by atoms with Crippen molar-refractivity contribution in [3.8, 4) is 0 Å². The number of Topliss-reactive ketones (excluding diaryl/α,β-unsaturated/α-hetero) is 1. The summed E-state index contributed by atoms with van der Waals surface area (Å²) in [4.78, 5) is 24.1. The zero-order valence-electron chi connectivity index (χ0n) is 12.0. The summed E-state index contributed by atoms with van der Waals surface area (Å²) < 4.78 is 10.3. The Morgan fingerprint density at radius 1 is 1.36 bits per heavy atom. The van der Waals surface area contributed by atoms with E-state index in [1.165, 1.54) is 0 Å². The Morgan fingerprint density at radius 2 is 2.14 bits per heavy atom. The SMILES string of the molecule is Cc1cc2cc(C(=O)[C@H]3C[C@@H]3C(=O)OCCO)cc(Cl)c2o1. The van der Waals surface area contributed by atoms with E-state index in [1.54, 1.807) is 12.1 Å². The molecule has 1 N–H and O–H groups in total. The van der Waals surface area contributed by atoms with Gasteiger partial charge in [-0.1, -0.05) is 11.6 Å². The van der Waals surface area contributed by atoms with Crippen molar-refractivity contribution in [1.82, 2.24) is 0 Å². The molecule has 0 saturated heterocycles. The fourth-order valence-electron chi connectivity index (χ4n) is 2.59. The maximum atomic E-state index is 12.5. The third kappa shape index (κ3) is 2.74. The Morgan fingerprint density at radius 3 is 2.86 bits per heavy atom. The first kappa shape index (κ1) is 15.1. The van der Waals surface area contributed by atoms with Crippen LogP contribution in [0.2, 0.25) is 5.02 Å². The highest BCUT2D eigenvalue weighted by Crippen LogP contribution is 2.42. The van der Waals surface area contributed by atoms with Gasteiger partial charge in [0.15, 0.2) is 11.4 Å². The third-order valence-electron chi connectivity index (χ3n) is 3.74. The van der Waals surface area contributed by atoms with Crippen LogP contribution < -0.4 is 0 Å². The molecule has 1 heterocycles. The van der Waals surface area contributed by atoms with Gasteiger partial charge in [-0.25, -0.2) is 0 Å². The smallest absolute Gasteiger partial charge is 0.309 e. The lowest BCUT2D eigenvalue weighted by atomic mass is 10.0. The number of fused-ring (bicyclic) bond motifs is 1. The molecular formula is C16H15ClO5. The highest BCUT2D eigenvalue weighted by atomic mass is 35.5. The molecule has 116 valence electrons. The predicted octanol–water partition coefficient (Wildman–Crippen LogP) is 2.75. The average molecular weight is 323 g/mol. The number of aliphatic hydroxyl groups excluding tert-OH is 1. The van der Waals surface area contributed by atoms with Crippen molar-refractivity contribution in [1.29, 1.82) is 0 Å². The standard InChI is InChI=1S/C16H15ClO5/c1-8-4-10-5-9(6-13(17)15(10)22-8)14(19)11-7-12(11)16(20)21-3-2-18/h4-6,11-12,18H,2-3,7H2,1H3/t11-,12-/m0/s1. The monoisotopic (exact) mass is 322 g/mol. The second-order valence-corrected chi connectivity index (χ2v) is 5.84. The molecular weight excluding hydrogens is 308 g/mol.